The van der Waals surface area contributed by atoms with Gasteiger partial charge in [-0.3, -0.25) is 4.79 Å². The lowest BCUT2D eigenvalue weighted by molar-refractivity contribution is 0.0953. The van der Waals surface area contributed by atoms with Gasteiger partial charge in [-0.1, -0.05) is 42.5 Å². The summed E-state index contributed by atoms with van der Waals surface area (Å²) in [6.45, 7) is 2.46. The van der Waals surface area contributed by atoms with E-state index in [2.05, 4.69) is 34.9 Å². The van der Waals surface area contributed by atoms with Crippen molar-refractivity contribution in [3.8, 4) is 0 Å². The maximum atomic E-state index is 12.1. The number of amides is 1. The Morgan fingerprint density at radius 2 is 1.60 bits per heavy atom. The highest BCUT2D eigenvalue weighted by Crippen LogP contribution is 2.06. The predicted molar refractivity (Wildman–Crippen MR) is 102 cm³/mol. The first-order valence-corrected chi connectivity index (χ1v) is 9.02. The van der Waals surface area contributed by atoms with Gasteiger partial charge < -0.3 is 15.7 Å². The number of hydrogen-bond acceptors (Lipinski definition) is 3. The van der Waals surface area contributed by atoms with Crippen molar-refractivity contribution < 1.29 is 9.90 Å². The van der Waals surface area contributed by atoms with Crippen molar-refractivity contribution in [1.82, 2.24) is 10.6 Å². The molecular formula is C21H28N2O2. The summed E-state index contributed by atoms with van der Waals surface area (Å²) in [6, 6.07) is 18.1. The number of unbranched alkanes of at least 4 members (excludes halogenated alkanes) is 1. The third kappa shape index (κ3) is 7.50. The van der Waals surface area contributed by atoms with Crippen molar-refractivity contribution in [3.63, 3.8) is 0 Å². The first-order chi connectivity index (χ1) is 12.3. The van der Waals surface area contributed by atoms with E-state index < -0.39 is 0 Å². The first kappa shape index (κ1) is 19.2. The molecule has 25 heavy (non-hydrogen) atoms. The van der Waals surface area contributed by atoms with Gasteiger partial charge in [0.25, 0.3) is 5.91 Å². The molecule has 2 aromatic rings. The highest BCUT2D eigenvalue weighted by molar-refractivity contribution is 5.94. The van der Waals surface area contributed by atoms with Crippen LogP contribution in [0.4, 0.5) is 0 Å². The molecule has 0 unspecified atom stereocenters. The molecule has 0 saturated carbocycles. The zero-order chi connectivity index (χ0) is 17.7. The van der Waals surface area contributed by atoms with Gasteiger partial charge in [-0.25, -0.2) is 0 Å². The van der Waals surface area contributed by atoms with Crippen LogP contribution in [0.15, 0.2) is 54.6 Å². The first-order valence-electron chi connectivity index (χ1n) is 9.02. The van der Waals surface area contributed by atoms with E-state index in [-0.39, 0.29) is 12.5 Å². The summed E-state index contributed by atoms with van der Waals surface area (Å²) in [4.78, 5) is 12.1. The van der Waals surface area contributed by atoms with Crippen LogP contribution in [0.2, 0.25) is 0 Å². The zero-order valence-electron chi connectivity index (χ0n) is 14.7. The fourth-order valence-electron chi connectivity index (χ4n) is 2.61. The molecule has 1 amide bonds. The number of carbonyl (C=O) groups is 1. The van der Waals surface area contributed by atoms with Gasteiger partial charge in [0.2, 0.25) is 0 Å². The van der Waals surface area contributed by atoms with Gasteiger partial charge in [-0.2, -0.15) is 0 Å². The largest absolute Gasteiger partial charge is 0.396 e. The lowest BCUT2D eigenvalue weighted by Crippen LogP contribution is -2.24. The van der Waals surface area contributed by atoms with Crippen LogP contribution in [0.5, 0.6) is 0 Å². The lowest BCUT2D eigenvalue weighted by Gasteiger charge is -2.07. The molecule has 0 heterocycles. The molecule has 134 valence electrons. The monoisotopic (exact) mass is 340 g/mol. The van der Waals surface area contributed by atoms with Crippen molar-refractivity contribution in [1.29, 1.82) is 0 Å². The molecule has 0 radical (unpaired) electrons. The Morgan fingerprint density at radius 1 is 0.840 bits per heavy atom. The van der Waals surface area contributed by atoms with Gasteiger partial charge in [-0.05, 0) is 55.5 Å². The number of aliphatic hydroxyl groups excluding tert-OH is 1. The second-order valence-corrected chi connectivity index (χ2v) is 6.15. The van der Waals surface area contributed by atoms with E-state index in [9.17, 15) is 4.79 Å². The Labute approximate surface area is 150 Å². The van der Waals surface area contributed by atoms with E-state index in [1.807, 2.05) is 30.3 Å². The Kier molecular flexibility index (Phi) is 8.73. The molecular weight excluding hydrogens is 312 g/mol. The second kappa shape index (κ2) is 11.4. The number of nitrogens with one attached hydrogen (secondary N) is 2. The van der Waals surface area contributed by atoms with Crippen molar-refractivity contribution >= 4 is 5.91 Å². The van der Waals surface area contributed by atoms with Gasteiger partial charge in [0.15, 0.2) is 0 Å². The average Bonchev–Trinajstić information content (AvgIpc) is 2.66. The zero-order valence-corrected chi connectivity index (χ0v) is 14.7. The average molecular weight is 340 g/mol. The second-order valence-electron chi connectivity index (χ2n) is 6.15. The highest BCUT2D eigenvalue weighted by Gasteiger charge is 2.04. The van der Waals surface area contributed by atoms with Crippen molar-refractivity contribution in [2.24, 2.45) is 0 Å². The SMILES string of the molecule is O=C(NCCCCc1ccccc1)c1ccc(CNCCCO)cc1. The molecule has 0 spiro atoms. The van der Waals surface area contributed by atoms with Crippen LogP contribution in [0.3, 0.4) is 0 Å². The molecule has 2 aromatic carbocycles. The molecule has 3 N–H and O–H groups in total. The number of rotatable bonds is 11. The Hall–Kier alpha value is -2.17. The maximum Gasteiger partial charge on any atom is 0.251 e. The minimum absolute atomic E-state index is 0.0144. The van der Waals surface area contributed by atoms with E-state index in [4.69, 9.17) is 5.11 Å². The van der Waals surface area contributed by atoms with Gasteiger partial charge >= 0.3 is 0 Å². The summed E-state index contributed by atoms with van der Waals surface area (Å²) in [5, 5.41) is 15.0. The molecule has 0 saturated heterocycles. The van der Waals surface area contributed by atoms with Crippen LogP contribution < -0.4 is 10.6 Å². The molecule has 0 atom stereocenters. The fourth-order valence-corrected chi connectivity index (χ4v) is 2.61. The van der Waals surface area contributed by atoms with Gasteiger partial charge in [0, 0.05) is 25.3 Å². The summed E-state index contributed by atoms with van der Waals surface area (Å²) >= 11 is 0. The van der Waals surface area contributed by atoms with Gasteiger partial charge in [0.05, 0.1) is 0 Å². The van der Waals surface area contributed by atoms with Crippen LogP contribution in [0.1, 0.15) is 40.7 Å². The van der Waals surface area contributed by atoms with E-state index in [0.29, 0.717) is 12.1 Å². The summed E-state index contributed by atoms with van der Waals surface area (Å²) in [5.41, 5.74) is 3.18. The van der Waals surface area contributed by atoms with Crippen molar-refractivity contribution in [2.75, 3.05) is 19.7 Å². The fraction of sp³-hybridized carbons (Fsp3) is 0.381. The minimum atomic E-state index is -0.0144. The third-order valence-corrected chi connectivity index (χ3v) is 4.08. The standard InChI is InChI=1S/C21H28N2O2/c24-16-6-14-22-17-19-10-12-20(13-11-19)21(25)23-15-5-4-9-18-7-2-1-3-8-18/h1-3,7-8,10-13,22,24H,4-6,9,14-17H2,(H,23,25). The van der Waals surface area contributed by atoms with Crippen LogP contribution >= 0.6 is 0 Å². The molecule has 4 heteroatoms. The molecule has 0 aliphatic carbocycles. The normalized spacial score (nSPS) is 10.6. The maximum absolute atomic E-state index is 12.1. The summed E-state index contributed by atoms with van der Waals surface area (Å²) < 4.78 is 0. The number of hydrogen-bond donors (Lipinski definition) is 3. The molecule has 4 nitrogen and oxygen atoms in total. The van der Waals surface area contributed by atoms with Crippen LogP contribution in [0, 0.1) is 0 Å². The van der Waals surface area contributed by atoms with E-state index in [0.717, 1.165) is 44.3 Å². The molecule has 0 aromatic heterocycles. The number of aryl methyl sites for hydroxylation is 1. The van der Waals surface area contributed by atoms with E-state index in [1.165, 1.54) is 5.56 Å². The summed E-state index contributed by atoms with van der Waals surface area (Å²) in [7, 11) is 0. The molecule has 0 fully saturated rings. The van der Waals surface area contributed by atoms with Crippen molar-refractivity contribution in [3.05, 3.63) is 71.3 Å². The topological polar surface area (TPSA) is 61.4 Å². The lowest BCUT2D eigenvalue weighted by atomic mass is 10.1. The van der Waals surface area contributed by atoms with Gasteiger partial charge in [0.1, 0.15) is 0 Å². The molecule has 0 aliphatic heterocycles. The Balaban J connectivity index is 1.63. The molecule has 0 bridgehead atoms. The highest BCUT2D eigenvalue weighted by atomic mass is 16.3. The predicted octanol–water partition coefficient (Wildman–Crippen LogP) is 2.91. The Bertz CT molecular complexity index is 612. The van der Waals surface area contributed by atoms with Crippen LogP contribution in [0.25, 0.3) is 0 Å². The molecule has 0 aliphatic rings. The Morgan fingerprint density at radius 3 is 2.32 bits per heavy atom. The third-order valence-electron chi connectivity index (χ3n) is 4.08. The number of aliphatic hydroxyl groups is 1. The van der Waals surface area contributed by atoms with E-state index >= 15 is 0 Å². The smallest absolute Gasteiger partial charge is 0.251 e. The van der Waals surface area contributed by atoms with Gasteiger partial charge in [-0.15, -0.1) is 0 Å². The van der Waals surface area contributed by atoms with Crippen LogP contribution in [-0.2, 0) is 13.0 Å². The molecule has 2 rings (SSSR count). The van der Waals surface area contributed by atoms with E-state index in [1.54, 1.807) is 0 Å². The number of benzene rings is 2. The number of carbonyl (C=O) groups excluding carboxylic acids is 1. The van der Waals surface area contributed by atoms with Crippen LogP contribution in [-0.4, -0.2) is 30.7 Å². The summed E-state index contributed by atoms with van der Waals surface area (Å²) in [6.07, 6.45) is 3.86. The minimum Gasteiger partial charge on any atom is -0.396 e. The quantitative estimate of drug-likeness (QED) is 0.551. The van der Waals surface area contributed by atoms with Crippen molar-refractivity contribution in [2.45, 2.75) is 32.2 Å². The summed E-state index contributed by atoms with van der Waals surface area (Å²) in [5.74, 6) is -0.0144.